The molecule has 0 fully saturated rings. The normalized spacial score (nSPS) is 11.3. The maximum Gasteiger partial charge on any atom is 0.243 e. The fraction of sp³-hybridized carbons (Fsp3) is 0.208. The van der Waals surface area contributed by atoms with Gasteiger partial charge < -0.3 is 10.1 Å². The van der Waals surface area contributed by atoms with Crippen molar-refractivity contribution in [1.82, 2.24) is 9.62 Å². The molecule has 3 aromatic carbocycles. The first-order chi connectivity index (χ1) is 15.4. The van der Waals surface area contributed by atoms with Crippen LogP contribution in [0.25, 0.3) is 0 Å². The number of amides is 1. The largest absolute Gasteiger partial charge is 0.494 e. The third-order valence-electron chi connectivity index (χ3n) is 4.70. The van der Waals surface area contributed by atoms with E-state index < -0.39 is 15.9 Å². The van der Waals surface area contributed by atoms with Crippen LogP contribution in [0, 0.1) is 5.82 Å². The number of hydrogen-bond acceptors (Lipinski definition) is 4. The third-order valence-corrected chi connectivity index (χ3v) is 6.50. The van der Waals surface area contributed by atoms with Gasteiger partial charge in [0.15, 0.2) is 0 Å². The molecule has 0 radical (unpaired) electrons. The van der Waals surface area contributed by atoms with Crippen LogP contribution in [0.4, 0.5) is 4.39 Å². The van der Waals surface area contributed by atoms with Crippen LogP contribution < -0.4 is 10.1 Å². The molecule has 1 amide bonds. The molecule has 0 atom stereocenters. The highest BCUT2D eigenvalue weighted by molar-refractivity contribution is 7.89. The van der Waals surface area contributed by atoms with Gasteiger partial charge in [0.1, 0.15) is 11.6 Å². The molecular weight excluding hydrogens is 431 g/mol. The molecule has 0 saturated heterocycles. The van der Waals surface area contributed by atoms with Gasteiger partial charge in [0.25, 0.3) is 0 Å². The molecule has 0 unspecified atom stereocenters. The predicted octanol–water partition coefficient (Wildman–Crippen LogP) is 3.73. The number of rotatable bonds is 10. The second kappa shape index (κ2) is 10.9. The van der Waals surface area contributed by atoms with Gasteiger partial charge in [0, 0.05) is 13.1 Å². The Bertz CT molecular complexity index is 1120. The van der Waals surface area contributed by atoms with E-state index in [1.165, 1.54) is 24.3 Å². The van der Waals surface area contributed by atoms with E-state index in [1.807, 2.05) is 25.1 Å². The van der Waals surface area contributed by atoms with E-state index in [4.69, 9.17) is 4.74 Å². The minimum atomic E-state index is -3.95. The highest BCUT2D eigenvalue weighted by Crippen LogP contribution is 2.21. The van der Waals surface area contributed by atoms with E-state index in [1.54, 1.807) is 36.4 Å². The Hall–Kier alpha value is -3.23. The Morgan fingerprint density at radius 3 is 2.22 bits per heavy atom. The zero-order chi connectivity index (χ0) is 23.0. The van der Waals surface area contributed by atoms with Crippen molar-refractivity contribution in [2.45, 2.75) is 24.9 Å². The number of ether oxygens (including phenoxy) is 1. The molecular formula is C24H25FN2O4S. The summed E-state index contributed by atoms with van der Waals surface area (Å²) in [5.74, 6) is -0.256. The van der Waals surface area contributed by atoms with Crippen molar-refractivity contribution in [3.8, 4) is 5.75 Å². The fourth-order valence-electron chi connectivity index (χ4n) is 3.06. The van der Waals surface area contributed by atoms with E-state index in [0.717, 1.165) is 9.87 Å². The lowest BCUT2D eigenvalue weighted by Gasteiger charge is -2.22. The predicted molar refractivity (Wildman–Crippen MR) is 120 cm³/mol. The Morgan fingerprint density at radius 1 is 0.938 bits per heavy atom. The molecule has 3 aromatic rings. The number of benzene rings is 3. The molecule has 0 aliphatic rings. The monoisotopic (exact) mass is 456 g/mol. The molecule has 32 heavy (non-hydrogen) atoms. The quantitative estimate of drug-likeness (QED) is 0.504. The van der Waals surface area contributed by atoms with Crippen molar-refractivity contribution in [1.29, 1.82) is 0 Å². The number of hydrogen-bond donors (Lipinski definition) is 1. The summed E-state index contributed by atoms with van der Waals surface area (Å²) in [5, 5.41) is 2.70. The van der Waals surface area contributed by atoms with Gasteiger partial charge in [-0.05, 0) is 54.4 Å². The molecule has 0 heterocycles. The lowest BCUT2D eigenvalue weighted by atomic mass is 10.2. The molecule has 6 nitrogen and oxygen atoms in total. The van der Waals surface area contributed by atoms with Crippen LogP contribution in [0.3, 0.4) is 0 Å². The van der Waals surface area contributed by atoms with E-state index in [9.17, 15) is 17.6 Å². The van der Waals surface area contributed by atoms with Crippen molar-refractivity contribution in [2.75, 3.05) is 13.2 Å². The van der Waals surface area contributed by atoms with Crippen LogP contribution in [-0.2, 0) is 27.9 Å². The average Bonchev–Trinajstić information content (AvgIpc) is 2.79. The number of nitrogens with zero attached hydrogens (tertiary/aromatic N) is 1. The summed E-state index contributed by atoms with van der Waals surface area (Å²) in [4.78, 5) is 12.7. The fourth-order valence-corrected chi connectivity index (χ4v) is 4.44. The smallest absolute Gasteiger partial charge is 0.243 e. The molecule has 3 rings (SSSR count). The number of carbonyl (C=O) groups is 1. The summed E-state index contributed by atoms with van der Waals surface area (Å²) >= 11 is 0. The van der Waals surface area contributed by atoms with E-state index in [0.29, 0.717) is 17.9 Å². The van der Waals surface area contributed by atoms with Crippen molar-refractivity contribution in [3.63, 3.8) is 0 Å². The average molecular weight is 457 g/mol. The highest BCUT2D eigenvalue weighted by atomic mass is 32.2. The van der Waals surface area contributed by atoms with E-state index in [-0.39, 0.29) is 30.3 Å². The number of carbonyl (C=O) groups excluding carboxylic acids is 1. The van der Waals surface area contributed by atoms with Gasteiger partial charge in [0.05, 0.1) is 18.0 Å². The summed E-state index contributed by atoms with van der Waals surface area (Å²) in [6, 6.07) is 20.9. The second-order valence-electron chi connectivity index (χ2n) is 7.07. The molecule has 0 bridgehead atoms. The second-order valence-corrected chi connectivity index (χ2v) is 9.00. The van der Waals surface area contributed by atoms with Crippen molar-refractivity contribution in [3.05, 3.63) is 95.8 Å². The molecule has 0 spiro atoms. The van der Waals surface area contributed by atoms with Crippen molar-refractivity contribution in [2.24, 2.45) is 0 Å². The lowest BCUT2D eigenvalue weighted by Crippen LogP contribution is -2.40. The molecule has 1 N–H and O–H groups in total. The van der Waals surface area contributed by atoms with Gasteiger partial charge in [-0.3, -0.25) is 4.79 Å². The Labute approximate surface area is 187 Å². The van der Waals surface area contributed by atoms with Crippen LogP contribution in [-0.4, -0.2) is 31.8 Å². The van der Waals surface area contributed by atoms with Gasteiger partial charge in [-0.25, -0.2) is 12.8 Å². The first-order valence-corrected chi connectivity index (χ1v) is 11.6. The molecule has 168 valence electrons. The molecule has 0 aromatic heterocycles. The van der Waals surface area contributed by atoms with Crippen LogP contribution in [0.2, 0.25) is 0 Å². The minimum Gasteiger partial charge on any atom is -0.494 e. The van der Waals surface area contributed by atoms with Gasteiger partial charge in [-0.1, -0.05) is 42.5 Å². The number of nitrogens with one attached hydrogen (secondary N) is 1. The van der Waals surface area contributed by atoms with Gasteiger partial charge in [-0.2, -0.15) is 4.31 Å². The van der Waals surface area contributed by atoms with Crippen LogP contribution in [0.5, 0.6) is 5.75 Å². The first-order valence-electron chi connectivity index (χ1n) is 10.2. The number of halogens is 1. The Balaban J connectivity index is 1.77. The third kappa shape index (κ3) is 6.38. The maximum atomic E-state index is 13.3. The summed E-state index contributed by atoms with van der Waals surface area (Å²) in [6.45, 7) is 2.17. The van der Waals surface area contributed by atoms with Crippen molar-refractivity contribution >= 4 is 15.9 Å². The standard InChI is InChI=1S/C24H25FN2O4S/c1-2-31-22-12-14-23(15-13-22)32(29,30)27(17-20-6-4-3-5-7-20)18-24(28)26-16-19-8-10-21(25)11-9-19/h3-15H,2,16-18H2,1H3,(H,26,28). The Morgan fingerprint density at radius 2 is 1.59 bits per heavy atom. The number of sulfonamides is 1. The van der Waals surface area contributed by atoms with E-state index >= 15 is 0 Å². The first kappa shape index (κ1) is 23.4. The summed E-state index contributed by atoms with van der Waals surface area (Å²) in [6.07, 6.45) is 0. The molecule has 0 aliphatic heterocycles. The van der Waals surface area contributed by atoms with Crippen LogP contribution in [0.1, 0.15) is 18.1 Å². The van der Waals surface area contributed by atoms with Crippen molar-refractivity contribution < 1.29 is 22.3 Å². The zero-order valence-corrected chi connectivity index (χ0v) is 18.5. The summed E-state index contributed by atoms with van der Waals surface area (Å²) in [7, 11) is -3.95. The SMILES string of the molecule is CCOc1ccc(S(=O)(=O)N(CC(=O)NCc2ccc(F)cc2)Cc2ccccc2)cc1. The Kier molecular flexibility index (Phi) is 7.97. The molecule has 0 aliphatic carbocycles. The zero-order valence-electron chi connectivity index (χ0n) is 17.7. The lowest BCUT2D eigenvalue weighted by molar-refractivity contribution is -0.121. The van der Waals surface area contributed by atoms with E-state index in [2.05, 4.69) is 5.32 Å². The van der Waals surface area contributed by atoms with Crippen LogP contribution >= 0.6 is 0 Å². The minimum absolute atomic E-state index is 0.0420. The van der Waals surface area contributed by atoms with Gasteiger partial charge >= 0.3 is 0 Å². The highest BCUT2D eigenvalue weighted by Gasteiger charge is 2.27. The molecule has 0 saturated carbocycles. The van der Waals surface area contributed by atoms with Crippen LogP contribution in [0.15, 0.2) is 83.8 Å². The summed E-state index contributed by atoms with van der Waals surface area (Å²) in [5.41, 5.74) is 1.47. The summed E-state index contributed by atoms with van der Waals surface area (Å²) < 4.78 is 46.2. The maximum absolute atomic E-state index is 13.3. The molecule has 8 heteroatoms. The van der Waals surface area contributed by atoms with Gasteiger partial charge in [-0.15, -0.1) is 0 Å². The topological polar surface area (TPSA) is 75.7 Å². The van der Waals surface area contributed by atoms with Gasteiger partial charge in [0.2, 0.25) is 15.9 Å².